The van der Waals surface area contributed by atoms with Gasteiger partial charge in [-0.1, -0.05) is 101 Å². The molecule has 0 radical (unpaired) electrons. The third-order valence-electron chi connectivity index (χ3n) is 6.33. The minimum absolute atomic E-state index is 0.0223. The van der Waals surface area contributed by atoms with Crippen molar-refractivity contribution >= 4 is 11.4 Å². The van der Waals surface area contributed by atoms with Crippen LogP contribution in [0.3, 0.4) is 0 Å². The Kier molecular flexibility index (Phi) is 6.90. The van der Waals surface area contributed by atoms with E-state index in [1.807, 2.05) is 7.05 Å². The molecule has 0 saturated heterocycles. The SMILES string of the molecule is CNc1ccccc1C(C)(C)C/C=C/C=C/C=C/C=C1/N(C)c2ccccc2C1(C)C. The lowest BCUT2D eigenvalue weighted by Crippen LogP contribution is -2.22. The van der Waals surface area contributed by atoms with Gasteiger partial charge in [-0.25, -0.2) is 0 Å². The fraction of sp³-hybridized carbons (Fsp3) is 0.310. The Morgan fingerprint density at radius 3 is 2.29 bits per heavy atom. The maximum Gasteiger partial charge on any atom is 0.0447 e. The zero-order valence-corrected chi connectivity index (χ0v) is 19.8. The van der Waals surface area contributed by atoms with Crippen molar-refractivity contribution in [1.29, 1.82) is 0 Å². The van der Waals surface area contributed by atoms with Gasteiger partial charge in [0, 0.05) is 36.6 Å². The van der Waals surface area contributed by atoms with Gasteiger partial charge in [0.1, 0.15) is 0 Å². The molecule has 0 bridgehead atoms. The van der Waals surface area contributed by atoms with E-state index >= 15 is 0 Å². The molecule has 2 nitrogen and oxygen atoms in total. The number of fused-ring (bicyclic) bond motifs is 1. The number of benzene rings is 2. The molecule has 0 spiro atoms. The molecular formula is C29H36N2. The highest BCUT2D eigenvalue weighted by Gasteiger charge is 2.37. The zero-order valence-electron chi connectivity index (χ0n) is 19.8. The topological polar surface area (TPSA) is 15.3 Å². The Hall–Kier alpha value is -3.00. The maximum atomic E-state index is 3.31. The Labute approximate surface area is 188 Å². The molecule has 3 rings (SSSR count). The lowest BCUT2D eigenvalue weighted by atomic mass is 9.80. The van der Waals surface area contributed by atoms with Gasteiger partial charge in [-0.2, -0.15) is 0 Å². The smallest absolute Gasteiger partial charge is 0.0447 e. The lowest BCUT2D eigenvalue weighted by Gasteiger charge is -2.26. The molecular weight excluding hydrogens is 376 g/mol. The van der Waals surface area contributed by atoms with Crippen LogP contribution in [0.15, 0.2) is 96.8 Å². The molecule has 0 saturated carbocycles. The van der Waals surface area contributed by atoms with Gasteiger partial charge in [0.15, 0.2) is 0 Å². The number of allylic oxidation sites excluding steroid dienone is 8. The van der Waals surface area contributed by atoms with Crippen LogP contribution in [0.1, 0.15) is 45.2 Å². The van der Waals surface area contributed by atoms with Gasteiger partial charge in [-0.3, -0.25) is 0 Å². The third-order valence-corrected chi connectivity index (χ3v) is 6.33. The summed E-state index contributed by atoms with van der Waals surface area (Å²) < 4.78 is 0. The van der Waals surface area contributed by atoms with Crippen LogP contribution in [0.4, 0.5) is 11.4 Å². The Morgan fingerprint density at radius 1 is 0.903 bits per heavy atom. The fourth-order valence-electron chi connectivity index (χ4n) is 4.48. The number of rotatable bonds is 7. The van der Waals surface area contributed by atoms with Crippen LogP contribution in [0.5, 0.6) is 0 Å². The van der Waals surface area contributed by atoms with Crippen LogP contribution in [0, 0.1) is 0 Å². The molecule has 0 atom stereocenters. The van der Waals surface area contributed by atoms with E-state index in [1.165, 1.54) is 28.2 Å². The van der Waals surface area contributed by atoms with Crippen molar-refractivity contribution in [2.75, 3.05) is 24.3 Å². The second-order valence-corrected chi connectivity index (χ2v) is 9.33. The van der Waals surface area contributed by atoms with Crippen LogP contribution in [0.2, 0.25) is 0 Å². The van der Waals surface area contributed by atoms with Gasteiger partial charge >= 0.3 is 0 Å². The summed E-state index contributed by atoms with van der Waals surface area (Å²) >= 11 is 0. The molecule has 162 valence electrons. The molecule has 2 heteroatoms. The fourth-order valence-corrected chi connectivity index (χ4v) is 4.48. The van der Waals surface area contributed by atoms with Gasteiger partial charge < -0.3 is 10.2 Å². The summed E-state index contributed by atoms with van der Waals surface area (Å²) in [6.45, 7) is 9.17. The first-order valence-corrected chi connectivity index (χ1v) is 11.1. The minimum Gasteiger partial charge on any atom is -0.388 e. The summed E-state index contributed by atoms with van der Waals surface area (Å²) in [6, 6.07) is 17.2. The van der Waals surface area contributed by atoms with Gasteiger partial charge in [-0.05, 0) is 41.2 Å². The van der Waals surface area contributed by atoms with Crippen LogP contribution in [-0.2, 0) is 10.8 Å². The Balaban J connectivity index is 1.60. The van der Waals surface area contributed by atoms with Crippen molar-refractivity contribution < 1.29 is 0 Å². The minimum atomic E-state index is 0.0223. The van der Waals surface area contributed by atoms with Crippen molar-refractivity contribution in [2.45, 2.75) is 44.9 Å². The average Bonchev–Trinajstić information content (AvgIpc) is 2.96. The van der Waals surface area contributed by atoms with Crippen molar-refractivity contribution in [3.8, 4) is 0 Å². The molecule has 0 fully saturated rings. The molecule has 1 aliphatic heterocycles. The molecule has 2 aromatic carbocycles. The van der Waals surface area contributed by atoms with Crippen molar-refractivity contribution in [1.82, 2.24) is 0 Å². The summed E-state index contributed by atoms with van der Waals surface area (Å²) in [7, 11) is 4.14. The quantitative estimate of drug-likeness (QED) is 0.477. The number of nitrogens with one attached hydrogen (secondary N) is 1. The largest absolute Gasteiger partial charge is 0.388 e. The van der Waals surface area contributed by atoms with Crippen LogP contribution in [-0.4, -0.2) is 14.1 Å². The highest BCUT2D eigenvalue weighted by Crippen LogP contribution is 2.46. The van der Waals surface area contributed by atoms with Gasteiger partial charge in [0.05, 0.1) is 0 Å². The standard InChI is InChI=1S/C29H36N2/c1-28(2,23-17-12-14-19-25(23)30-5)22-16-10-8-7-9-11-21-27-29(3,4)24-18-13-15-20-26(24)31(27)6/h7-21,30H,22H2,1-6H3/b8-7+,11-9+,16-10+,27-21+. The van der Waals surface area contributed by atoms with Crippen molar-refractivity contribution in [3.05, 3.63) is 108 Å². The van der Waals surface area contributed by atoms with Gasteiger partial charge in [0.2, 0.25) is 0 Å². The van der Waals surface area contributed by atoms with E-state index in [0.29, 0.717) is 0 Å². The van der Waals surface area contributed by atoms with E-state index in [-0.39, 0.29) is 10.8 Å². The van der Waals surface area contributed by atoms with E-state index in [9.17, 15) is 0 Å². The maximum absolute atomic E-state index is 3.31. The van der Waals surface area contributed by atoms with Gasteiger partial charge in [0.25, 0.3) is 0 Å². The zero-order chi connectivity index (χ0) is 22.5. The molecule has 31 heavy (non-hydrogen) atoms. The Morgan fingerprint density at radius 2 is 1.55 bits per heavy atom. The molecule has 1 heterocycles. The predicted octanol–water partition coefficient (Wildman–Crippen LogP) is 7.38. The second kappa shape index (κ2) is 9.43. The van der Waals surface area contributed by atoms with E-state index in [2.05, 4.69) is 136 Å². The summed E-state index contributed by atoms with van der Waals surface area (Å²) in [5.41, 5.74) is 6.66. The van der Waals surface area contributed by atoms with E-state index in [4.69, 9.17) is 0 Å². The molecule has 1 N–H and O–H groups in total. The Bertz CT molecular complexity index is 1020. The number of nitrogens with zero attached hydrogens (tertiary/aromatic N) is 1. The molecule has 0 unspecified atom stereocenters. The summed E-state index contributed by atoms with van der Waals surface area (Å²) in [5.74, 6) is 0. The first-order valence-electron chi connectivity index (χ1n) is 11.1. The number of hydrogen-bond donors (Lipinski definition) is 1. The molecule has 2 aromatic rings. The van der Waals surface area contributed by atoms with E-state index in [0.717, 1.165) is 6.42 Å². The van der Waals surface area contributed by atoms with Crippen LogP contribution >= 0.6 is 0 Å². The molecule has 1 aliphatic rings. The number of anilines is 2. The molecule has 0 amide bonds. The lowest BCUT2D eigenvalue weighted by molar-refractivity contribution is 0.536. The van der Waals surface area contributed by atoms with E-state index in [1.54, 1.807) is 0 Å². The van der Waals surface area contributed by atoms with Crippen molar-refractivity contribution in [3.63, 3.8) is 0 Å². The first-order chi connectivity index (χ1) is 14.8. The number of likely N-dealkylation sites (N-methyl/N-ethyl adjacent to an activating group) is 1. The van der Waals surface area contributed by atoms with Crippen LogP contribution < -0.4 is 10.2 Å². The summed E-state index contributed by atoms with van der Waals surface area (Å²) in [6.07, 6.45) is 16.0. The third kappa shape index (κ3) is 4.85. The van der Waals surface area contributed by atoms with Crippen molar-refractivity contribution in [2.24, 2.45) is 0 Å². The average molecular weight is 413 g/mol. The normalized spacial score (nSPS) is 17.4. The number of para-hydroxylation sites is 2. The summed E-state index contributed by atoms with van der Waals surface area (Å²) in [4.78, 5) is 2.30. The molecule has 0 aromatic heterocycles. The first kappa shape index (κ1) is 22.7. The van der Waals surface area contributed by atoms with E-state index < -0.39 is 0 Å². The second-order valence-electron chi connectivity index (χ2n) is 9.33. The summed E-state index contributed by atoms with van der Waals surface area (Å²) in [5, 5.41) is 3.31. The van der Waals surface area contributed by atoms with Gasteiger partial charge in [-0.15, -0.1) is 0 Å². The highest BCUT2D eigenvalue weighted by molar-refractivity contribution is 5.70. The van der Waals surface area contributed by atoms with Crippen LogP contribution in [0.25, 0.3) is 0 Å². The highest BCUT2D eigenvalue weighted by atomic mass is 15.2. The molecule has 0 aliphatic carbocycles. The monoisotopic (exact) mass is 412 g/mol. The number of hydrogen-bond acceptors (Lipinski definition) is 2. The predicted molar refractivity (Wildman–Crippen MR) is 137 cm³/mol.